The van der Waals surface area contributed by atoms with Crippen molar-refractivity contribution in [2.24, 2.45) is 0 Å². The Morgan fingerprint density at radius 2 is 1.97 bits per heavy atom. The van der Waals surface area contributed by atoms with Crippen molar-refractivity contribution in [1.29, 1.82) is 0 Å². The molecule has 4 aromatic rings. The first-order chi connectivity index (χ1) is 16.2. The van der Waals surface area contributed by atoms with Crippen LogP contribution < -0.4 is 4.74 Å². The van der Waals surface area contributed by atoms with Gasteiger partial charge < -0.3 is 19.7 Å². The number of imidazole rings is 1. The Labute approximate surface area is 191 Å². The van der Waals surface area contributed by atoms with E-state index in [2.05, 4.69) is 20.0 Å². The molecule has 9 nitrogen and oxygen atoms in total. The number of aliphatic hydroxyl groups is 1. The number of aromatic nitrogens is 4. The van der Waals surface area contributed by atoms with E-state index in [1.807, 2.05) is 53.6 Å². The van der Waals surface area contributed by atoms with Crippen LogP contribution in [0.3, 0.4) is 0 Å². The number of aliphatic hydroxyl groups excluding tert-OH is 1. The van der Waals surface area contributed by atoms with E-state index in [-0.39, 0.29) is 12.5 Å². The third-order valence-electron chi connectivity index (χ3n) is 5.99. The van der Waals surface area contributed by atoms with Crippen LogP contribution in [0.4, 0.5) is 0 Å². The standard InChI is InChI=1S/C24H26N6O3/c1-33-22-5-3-2-4-21(22)30-16-18(15-25-30)23-26-19-7-6-17(14-20(19)27-23)24(32)29-10-8-28(9-11-29)12-13-31/h2-7,14-16,31H,8-13H2,1H3,(H,26,27). The van der Waals surface area contributed by atoms with Gasteiger partial charge in [0, 0.05) is 44.5 Å². The van der Waals surface area contributed by atoms with E-state index in [1.165, 1.54) is 0 Å². The number of H-pyrrole nitrogens is 1. The van der Waals surface area contributed by atoms with Crippen LogP contribution in [0.2, 0.25) is 0 Å². The van der Waals surface area contributed by atoms with Crippen molar-refractivity contribution >= 4 is 16.9 Å². The highest BCUT2D eigenvalue weighted by molar-refractivity contribution is 5.97. The summed E-state index contributed by atoms with van der Waals surface area (Å²) in [6.45, 7) is 3.67. The molecule has 3 heterocycles. The number of piperazine rings is 1. The van der Waals surface area contributed by atoms with Gasteiger partial charge in [0.15, 0.2) is 0 Å². The number of carbonyl (C=O) groups excluding carboxylic acids is 1. The Hall–Kier alpha value is -3.69. The van der Waals surface area contributed by atoms with Crippen LogP contribution in [-0.2, 0) is 0 Å². The third-order valence-corrected chi connectivity index (χ3v) is 5.99. The van der Waals surface area contributed by atoms with Gasteiger partial charge in [0.05, 0.1) is 36.5 Å². The number of rotatable bonds is 6. The molecule has 9 heteroatoms. The molecular weight excluding hydrogens is 420 g/mol. The monoisotopic (exact) mass is 446 g/mol. The molecule has 1 fully saturated rings. The zero-order valence-electron chi connectivity index (χ0n) is 18.4. The molecule has 2 aromatic carbocycles. The quantitative estimate of drug-likeness (QED) is 0.471. The van der Waals surface area contributed by atoms with Crippen molar-refractivity contribution in [2.45, 2.75) is 0 Å². The zero-order chi connectivity index (χ0) is 22.8. The molecule has 0 radical (unpaired) electrons. The summed E-state index contributed by atoms with van der Waals surface area (Å²) < 4.78 is 7.19. The van der Waals surface area contributed by atoms with Gasteiger partial charge in [-0.05, 0) is 30.3 Å². The maximum absolute atomic E-state index is 13.0. The van der Waals surface area contributed by atoms with Crippen LogP contribution in [0.5, 0.6) is 5.75 Å². The van der Waals surface area contributed by atoms with Gasteiger partial charge in [0.25, 0.3) is 5.91 Å². The van der Waals surface area contributed by atoms with E-state index >= 15 is 0 Å². The van der Waals surface area contributed by atoms with E-state index in [1.54, 1.807) is 18.0 Å². The number of hydrogen-bond acceptors (Lipinski definition) is 6. The number of carbonyl (C=O) groups is 1. The van der Waals surface area contributed by atoms with Crippen molar-refractivity contribution in [1.82, 2.24) is 29.5 Å². The number of para-hydroxylation sites is 2. The molecule has 0 spiro atoms. The van der Waals surface area contributed by atoms with E-state index in [4.69, 9.17) is 9.84 Å². The summed E-state index contributed by atoms with van der Waals surface area (Å²) in [7, 11) is 1.64. The molecule has 33 heavy (non-hydrogen) atoms. The Kier molecular flexibility index (Phi) is 5.80. The average Bonchev–Trinajstić information content (AvgIpc) is 3.51. The SMILES string of the molecule is COc1ccccc1-n1cc(-c2nc3ccc(C(=O)N4CCN(CCO)CC4)cc3[nH]2)cn1. The molecule has 1 saturated heterocycles. The molecule has 2 N–H and O–H groups in total. The van der Waals surface area contributed by atoms with Gasteiger partial charge in [-0.1, -0.05) is 12.1 Å². The molecule has 0 aliphatic carbocycles. The second-order valence-electron chi connectivity index (χ2n) is 8.02. The van der Waals surface area contributed by atoms with Crippen molar-refractivity contribution in [2.75, 3.05) is 46.4 Å². The fourth-order valence-electron chi connectivity index (χ4n) is 4.17. The maximum atomic E-state index is 13.0. The molecule has 170 valence electrons. The van der Waals surface area contributed by atoms with Gasteiger partial charge >= 0.3 is 0 Å². The molecule has 2 aromatic heterocycles. The van der Waals surface area contributed by atoms with Crippen molar-refractivity contribution in [3.63, 3.8) is 0 Å². The van der Waals surface area contributed by atoms with Gasteiger partial charge in [0.2, 0.25) is 0 Å². The minimum atomic E-state index is 0.0145. The lowest BCUT2D eigenvalue weighted by molar-refractivity contribution is 0.0615. The Bertz CT molecular complexity index is 1270. The first-order valence-electron chi connectivity index (χ1n) is 11.0. The largest absolute Gasteiger partial charge is 0.494 e. The predicted molar refractivity (Wildman–Crippen MR) is 125 cm³/mol. The number of benzene rings is 2. The van der Waals surface area contributed by atoms with Gasteiger partial charge in [-0.3, -0.25) is 9.69 Å². The van der Waals surface area contributed by atoms with Gasteiger partial charge in [-0.2, -0.15) is 5.10 Å². The lowest BCUT2D eigenvalue weighted by atomic mass is 10.1. The number of methoxy groups -OCH3 is 1. The first-order valence-corrected chi connectivity index (χ1v) is 11.0. The smallest absolute Gasteiger partial charge is 0.254 e. The van der Waals surface area contributed by atoms with E-state index < -0.39 is 0 Å². The average molecular weight is 447 g/mol. The molecular formula is C24H26N6O3. The highest BCUT2D eigenvalue weighted by Gasteiger charge is 2.22. The molecule has 0 atom stereocenters. The molecule has 0 unspecified atom stereocenters. The fraction of sp³-hybridized carbons (Fsp3) is 0.292. The van der Waals surface area contributed by atoms with Gasteiger partial charge in [0.1, 0.15) is 17.3 Å². The highest BCUT2D eigenvalue weighted by Crippen LogP contribution is 2.26. The van der Waals surface area contributed by atoms with Crippen molar-refractivity contribution in [3.05, 3.63) is 60.4 Å². The first kappa shape index (κ1) is 21.2. The maximum Gasteiger partial charge on any atom is 0.254 e. The minimum absolute atomic E-state index is 0.0145. The Balaban J connectivity index is 1.36. The topological polar surface area (TPSA) is 99.5 Å². The fourth-order valence-corrected chi connectivity index (χ4v) is 4.17. The minimum Gasteiger partial charge on any atom is -0.494 e. The van der Waals surface area contributed by atoms with Crippen LogP contribution in [0, 0.1) is 0 Å². The van der Waals surface area contributed by atoms with Crippen molar-refractivity contribution in [3.8, 4) is 22.8 Å². The predicted octanol–water partition coefficient (Wildman–Crippen LogP) is 2.17. The van der Waals surface area contributed by atoms with Crippen LogP contribution in [0.1, 0.15) is 10.4 Å². The number of ether oxygens (including phenoxy) is 1. The summed E-state index contributed by atoms with van der Waals surface area (Å²) in [5.74, 6) is 1.44. The molecule has 1 aliphatic heterocycles. The number of nitrogens with one attached hydrogen (secondary N) is 1. The summed E-state index contributed by atoms with van der Waals surface area (Å²) in [6, 6.07) is 13.2. The summed E-state index contributed by atoms with van der Waals surface area (Å²) >= 11 is 0. The molecule has 1 amide bonds. The Morgan fingerprint density at radius 1 is 1.15 bits per heavy atom. The molecule has 1 aliphatic rings. The third kappa shape index (κ3) is 4.20. The lowest BCUT2D eigenvalue weighted by Crippen LogP contribution is -2.49. The van der Waals surface area contributed by atoms with E-state index in [0.29, 0.717) is 31.0 Å². The highest BCUT2D eigenvalue weighted by atomic mass is 16.5. The summed E-state index contributed by atoms with van der Waals surface area (Å²) in [5.41, 5.74) is 3.91. The Morgan fingerprint density at radius 3 is 2.76 bits per heavy atom. The summed E-state index contributed by atoms with van der Waals surface area (Å²) in [6.07, 6.45) is 3.65. The van der Waals surface area contributed by atoms with Gasteiger partial charge in [-0.15, -0.1) is 0 Å². The number of hydrogen-bond donors (Lipinski definition) is 2. The lowest BCUT2D eigenvalue weighted by Gasteiger charge is -2.34. The van der Waals surface area contributed by atoms with Gasteiger partial charge in [-0.25, -0.2) is 9.67 Å². The number of amides is 1. The van der Waals surface area contributed by atoms with E-state index in [0.717, 1.165) is 41.1 Å². The zero-order valence-corrected chi connectivity index (χ0v) is 18.4. The van der Waals surface area contributed by atoms with Crippen LogP contribution in [0.25, 0.3) is 28.1 Å². The van der Waals surface area contributed by atoms with Crippen LogP contribution in [-0.4, -0.2) is 87.0 Å². The van der Waals surface area contributed by atoms with Crippen molar-refractivity contribution < 1.29 is 14.6 Å². The van der Waals surface area contributed by atoms with E-state index in [9.17, 15) is 4.79 Å². The summed E-state index contributed by atoms with van der Waals surface area (Å²) in [5, 5.41) is 13.6. The number of aromatic amines is 1. The second-order valence-corrected chi connectivity index (χ2v) is 8.02. The summed E-state index contributed by atoms with van der Waals surface area (Å²) in [4.78, 5) is 25.0. The van der Waals surface area contributed by atoms with Crippen LogP contribution in [0.15, 0.2) is 54.9 Å². The number of fused-ring (bicyclic) bond motifs is 1. The number of nitrogens with zero attached hydrogens (tertiary/aromatic N) is 5. The molecule has 5 rings (SSSR count). The molecule has 0 saturated carbocycles. The second kappa shape index (κ2) is 9.05. The normalized spacial score (nSPS) is 14.7. The number of β-amino-alcohol motifs (C(OH)–C–C–N with tert-alkyl or cyclic N) is 1. The molecule has 0 bridgehead atoms. The van der Waals surface area contributed by atoms with Crippen LogP contribution >= 0.6 is 0 Å².